The number of aryl methyl sites for hydroxylation is 1. The second-order valence-corrected chi connectivity index (χ2v) is 6.78. The molecule has 0 aliphatic rings. The van der Waals surface area contributed by atoms with Gasteiger partial charge in [0.25, 0.3) is 0 Å². The van der Waals surface area contributed by atoms with Gasteiger partial charge in [-0.2, -0.15) is 5.10 Å². The molecule has 0 saturated carbocycles. The van der Waals surface area contributed by atoms with Crippen LogP contribution in [0.25, 0.3) is 0 Å². The first-order valence-electron chi connectivity index (χ1n) is 7.54. The van der Waals surface area contributed by atoms with Gasteiger partial charge >= 0.3 is 0 Å². The van der Waals surface area contributed by atoms with Crippen molar-refractivity contribution in [3.8, 4) is 0 Å². The number of carbonyl (C=O) groups is 1. The van der Waals surface area contributed by atoms with Crippen molar-refractivity contribution in [3.63, 3.8) is 0 Å². The van der Waals surface area contributed by atoms with E-state index in [4.69, 9.17) is 0 Å². The van der Waals surface area contributed by atoms with Gasteiger partial charge in [-0.3, -0.25) is 9.48 Å². The molecule has 23 heavy (non-hydrogen) atoms. The fourth-order valence-electron chi connectivity index (χ4n) is 2.49. The summed E-state index contributed by atoms with van der Waals surface area (Å²) in [7, 11) is 0. The summed E-state index contributed by atoms with van der Waals surface area (Å²) in [5.74, 6) is -0.210. The third kappa shape index (κ3) is 4.19. The van der Waals surface area contributed by atoms with Gasteiger partial charge in [-0.25, -0.2) is 4.39 Å². The maximum atomic E-state index is 13.1. The lowest BCUT2D eigenvalue weighted by Gasteiger charge is -2.23. The molecule has 1 heterocycles. The number of nitrogens with one attached hydrogen (secondary N) is 1. The van der Waals surface area contributed by atoms with Crippen LogP contribution in [0, 0.1) is 25.6 Å². The zero-order chi connectivity index (χ0) is 17.1. The lowest BCUT2D eigenvalue weighted by Crippen LogP contribution is -2.34. The highest BCUT2D eigenvalue weighted by atomic mass is 79.9. The Morgan fingerprint density at radius 1 is 1.30 bits per heavy atom. The standard InChI is InChI=1S/C17H21BrFN3O/c1-10(2)17(13-5-7-14(19)8-6-13)20-15(23)9-22-12(4)16(18)11(3)21-22/h5-8,10,17H,9H2,1-4H3,(H,20,23). The summed E-state index contributed by atoms with van der Waals surface area (Å²) < 4.78 is 15.7. The van der Waals surface area contributed by atoms with Crippen LogP contribution in [0.5, 0.6) is 0 Å². The molecule has 4 nitrogen and oxygen atoms in total. The summed E-state index contributed by atoms with van der Waals surface area (Å²) in [5, 5.41) is 7.36. The Bertz CT molecular complexity index is 695. The van der Waals surface area contributed by atoms with E-state index in [0.29, 0.717) is 0 Å². The Hall–Kier alpha value is -1.69. The van der Waals surface area contributed by atoms with E-state index in [2.05, 4.69) is 26.3 Å². The Morgan fingerprint density at radius 3 is 2.39 bits per heavy atom. The van der Waals surface area contributed by atoms with Crippen molar-refractivity contribution in [3.05, 3.63) is 51.5 Å². The van der Waals surface area contributed by atoms with Crippen molar-refractivity contribution in [2.24, 2.45) is 5.92 Å². The highest BCUT2D eigenvalue weighted by molar-refractivity contribution is 9.10. The predicted molar refractivity (Wildman–Crippen MR) is 91.5 cm³/mol. The monoisotopic (exact) mass is 381 g/mol. The molecule has 1 aromatic carbocycles. The highest BCUT2D eigenvalue weighted by Crippen LogP contribution is 2.23. The summed E-state index contributed by atoms with van der Waals surface area (Å²) in [4.78, 5) is 12.4. The van der Waals surface area contributed by atoms with E-state index >= 15 is 0 Å². The third-order valence-electron chi connectivity index (χ3n) is 3.80. The van der Waals surface area contributed by atoms with E-state index in [1.54, 1.807) is 16.8 Å². The molecule has 2 rings (SSSR count). The molecular weight excluding hydrogens is 361 g/mol. The van der Waals surface area contributed by atoms with Crippen LogP contribution >= 0.6 is 15.9 Å². The number of amides is 1. The van der Waals surface area contributed by atoms with Crippen LogP contribution in [0.15, 0.2) is 28.7 Å². The smallest absolute Gasteiger partial charge is 0.242 e. The average Bonchev–Trinajstić information content (AvgIpc) is 2.73. The zero-order valence-corrected chi connectivity index (χ0v) is 15.3. The molecule has 0 aliphatic heterocycles. The summed E-state index contributed by atoms with van der Waals surface area (Å²) in [6.07, 6.45) is 0. The minimum Gasteiger partial charge on any atom is -0.347 e. The lowest BCUT2D eigenvalue weighted by molar-refractivity contribution is -0.123. The Kier molecular flexibility index (Phi) is 5.57. The maximum Gasteiger partial charge on any atom is 0.242 e. The molecule has 0 aliphatic carbocycles. The van der Waals surface area contributed by atoms with Crippen molar-refractivity contribution in [2.45, 2.75) is 40.3 Å². The molecule has 0 bridgehead atoms. The molecule has 0 saturated heterocycles. The van der Waals surface area contributed by atoms with Crippen molar-refractivity contribution in [1.82, 2.24) is 15.1 Å². The van der Waals surface area contributed by atoms with Gasteiger partial charge in [-0.05, 0) is 53.4 Å². The quantitative estimate of drug-likeness (QED) is 0.852. The first-order chi connectivity index (χ1) is 10.8. The third-order valence-corrected chi connectivity index (χ3v) is 4.95. The SMILES string of the molecule is Cc1nn(CC(=O)NC(c2ccc(F)cc2)C(C)C)c(C)c1Br. The van der Waals surface area contributed by atoms with Crippen LogP contribution in [0.1, 0.15) is 36.8 Å². The van der Waals surface area contributed by atoms with Gasteiger partial charge in [0.1, 0.15) is 12.4 Å². The number of halogens is 2. The van der Waals surface area contributed by atoms with Crippen LogP contribution in [-0.2, 0) is 11.3 Å². The molecule has 1 N–H and O–H groups in total. The highest BCUT2D eigenvalue weighted by Gasteiger charge is 2.19. The summed E-state index contributed by atoms with van der Waals surface area (Å²) >= 11 is 3.46. The number of aromatic nitrogens is 2. The van der Waals surface area contributed by atoms with Gasteiger partial charge in [0.15, 0.2) is 0 Å². The van der Waals surface area contributed by atoms with Gasteiger partial charge in [0.2, 0.25) is 5.91 Å². The minimum absolute atomic E-state index is 0.119. The van der Waals surface area contributed by atoms with Crippen molar-refractivity contribution < 1.29 is 9.18 Å². The van der Waals surface area contributed by atoms with Gasteiger partial charge < -0.3 is 5.32 Å². The number of benzene rings is 1. The Morgan fingerprint density at radius 2 is 1.91 bits per heavy atom. The summed E-state index contributed by atoms with van der Waals surface area (Å²) in [6, 6.07) is 6.08. The average molecular weight is 382 g/mol. The molecule has 0 spiro atoms. The number of carbonyl (C=O) groups excluding carboxylic acids is 1. The summed E-state index contributed by atoms with van der Waals surface area (Å²) in [5.41, 5.74) is 2.67. The van der Waals surface area contributed by atoms with Gasteiger partial charge in [0, 0.05) is 0 Å². The molecule has 2 aromatic rings. The molecule has 1 aromatic heterocycles. The number of nitrogens with zero attached hydrogens (tertiary/aromatic N) is 2. The molecule has 0 fully saturated rings. The number of hydrogen-bond acceptors (Lipinski definition) is 2. The number of hydrogen-bond donors (Lipinski definition) is 1. The fraction of sp³-hybridized carbons (Fsp3) is 0.412. The largest absolute Gasteiger partial charge is 0.347 e. The lowest BCUT2D eigenvalue weighted by atomic mass is 9.96. The van der Waals surface area contributed by atoms with E-state index in [0.717, 1.165) is 21.4 Å². The number of rotatable bonds is 5. The van der Waals surface area contributed by atoms with E-state index < -0.39 is 0 Å². The van der Waals surface area contributed by atoms with E-state index in [-0.39, 0.29) is 30.2 Å². The predicted octanol–water partition coefficient (Wildman–Crippen LogP) is 3.92. The van der Waals surface area contributed by atoms with E-state index in [1.807, 2.05) is 27.7 Å². The van der Waals surface area contributed by atoms with Crippen LogP contribution < -0.4 is 5.32 Å². The van der Waals surface area contributed by atoms with Crippen molar-refractivity contribution >= 4 is 21.8 Å². The van der Waals surface area contributed by atoms with E-state index in [9.17, 15) is 9.18 Å². The molecule has 1 atom stereocenters. The Balaban J connectivity index is 2.12. The maximum absolute atomic E-state index is 13.1. The van der Waals surface area contributed by atoms with Gasteiger partial charge in [0.05, 0.1) is 21.9 Å². The van der Waals surface area contributed by atoms with Crippen molar-refractivity contribution in [1.29, 1.82) is 0 Å². The topological polar surface area (TPSA) is 46.9 Å². The van der Waals surface area contributed by atoms with Crippen LogP contribution in [0.2, 0.25) is 0 Å². The van der Waals surface area contributed by atoms with Gasteiger partial charge in [-0.1, -0.05) is 26.0 Å². The first kappa shape index (κ1) is 17.7. The molecule has 1 amide bonds. The second-order valence-electron chi connectivity index (χ2n) is 5.98. The van der Waals surface area contributed by atoms with Crippen LogP contribution in [0.4, 0.5) is 4.39 Å². The summed E-state index contributed by atoms with van der Waals surface area (Å²) in [6.45, 7) is 8.00. The molecule has 0 radical (unpaired) electrons. The normalized spacial score (nSPS) is 12.5. The molecule has 1 unspecified atom stereocenters. The van der Waals surface area contributed by atoms with Crippen LogP contribution in [0.3, 0.4) is 0 Å². The van der Waals surface area contributed by atoms with Crippen LogP contribution in [-0.4, -0.2) is 15.7 Å². The first-order valence-corrected chi connectivity index (χ1v) is 8.33. The molecule has 124 valence electrons. The molecule has 6 heteroatoms. The van der Waals surface area contributed by atoms with Gasteiger partial charge in [-0.15, -0.1) is 0 Å². The Labute approximate surface area is 144 Å². The van der Waals surface area contributed by atoms with E-state index in [1.165, 1.54) is 12.1 Å². The van der Waals surface area contributed by atoms with Crippen molar-refractivity contribution in [2.75, 3.05) is 0 Å². The zero-order valence-electron chi connectivity index (χ0n) is 13.7. The minimum atomic E-state index is -0.282. The molecular formula is C17H21BrFN3O. The fourth-order valence-corrected chi connectivity index (χ4v) is 2.77. The second kappa shape index (κ2) is 7.25.